The lowest BCUT2D eigenvalue weighted by Crippen LogP contribution is -2.54. The van der Waals surface area contributed by atoms with Crippen LogP contribution >= 0.6 is 0 Å². The van der Waals surface area contributed by atoms with E-state index in [0.717, 1.165) is 33.2 Å². The van der Waals surface area contributed by atoms with E-state index >= 15 is 0 Å². The van der Waals surface area contributed by atoms with Crippen LogP contribution in [-0.4, -0.2) is 89.4 Å². The predicted octanol–water partition coefficient (Wildman–Crippen LogP) is 7.39. The van der Waals surface area contributed by atoms with Crippen LogP contribution in [0.4, 0.5) is 16.2 Å². The van der Waals surface area contributed by atoms with Gasteiger partial charge in [0, 0.05) is 36.8 Å². The zero-order valence-corrected chi connectivity index (χ0v) is 37.1. The predicted molar refractivity (Wildman–Crippen MR) is 242 cm³/mol. The summed E-state index contributed by atoms with van der Waals surface area (Å²) in [6.45, 7) is 13.0. The van der Waals surface area contributed by atoms with Gasteiger partial charge < -0.3 is 34.9 Å². The largest absolute Gasteiger partial charge is 0.460 e. The van der Waals surface area contributed by atoms with Gasteiger partial charge in [-0.25, -0.2) is 14.2 Å². The lowest BCUT2D eigenvalue weighted by molar-refractivity contribution is -0.153. The molecule has 0 bridgehead atoms. The molecular weight excluding hydrogens is 815 g/mol. The molecule has 3 N–H and O–H groups in total. The van der Waals surface area contributed by atoms with Crippen molar-refractivity contribution in [3.05, 3.63) is 119 Å². The van der Waals surface area contributed by atoms with E-state index in [1.807, 2.05) is 30.3 Å². The lowest BCUT2D eigenvalue weighted by atomic mass is 9.92. The van der Waals surface area contributed by atoms with Crippen molar-refractivity contribution < 1.29 is 42.9 Å². The fraction of sp³-hybridized carbons (Fsp3) is 0.380. The molecule has 1 aliphatic carbocycles. The molecule has 14 nitrogen and oxygen atoms in total. The Morgan fingerprint density at radius 3 is 2.28 bits per heavy atom. The van der Waals surface area contributed by atoms with E-state index in [4.69, 9.17) is 24.7 Å². The molecule has 2 unspecified atom stereocenters. The molecule has 14 heteroatoms. The average molecular weight is 870 g/mol. The summed E-state index contributed by atoms with van der Waals surface area (Å²) in [5.74, 6) is -3.99. The zero-order valence-electron chi connectivity index (χ0n) is 37.1. The number of ether oxygens (including phenoxy) is 4. The number of benzene rings is 4. The third kappa shape index (κ3) is 9.30. The first-order valence-electron chi connectivity index (χ1n) is 21.7. The Balaban J connectivity index is 1.09. The minimum absolute atomic E-state index is 0.0315. The van der Waals surface area contributed by atoms with Crippen LogP contribution in [0.25, 0.3) is 22.0 Å². The molecule has 64 heavy (non-hydrogen) atoms. The molecule has 2 aliphatic heterocycles. The van der Waals surface area contributed by atoms with Gasteiger partial charge in [-0.2, -0.15) is 0 Å². The summed E-state index contributed by atoms with van der Waals surface area (Å²) < 4.78 is 24.0. The van der Waals surface area contributed by atoms with Crippen LogP contribution in [0, 0.1) is 5.92 Å². The van der Waals surface area contributed by atoms with Crippen LogP contribution < -0.4 is 16.0 Å². The van der Waals surface area contributed by atoms with E-state index in [1.165, 1.54) is 11.6 Å². The number of carbonyl (C=O) groups is 5. The monoisotopic (exact) mass is 869 g/mol. The number of fused-ring (bicyclic) bond motifs is 4. The van der Waals surface area contributed by atoms with E-state index in [0.29, 0.717) is 49.4 Å². The van der Waals surface area contributed by atoms with Gasteiger partial charge in [0.05, 0.1) is 30.4 Å². The summed E-state index contributed by atoms with van der Waals surface area (Å²) in [5, 5.41) is 3.19. The summed E-state index contributed by atoms with van der Waals surface area (Å²) in [7, 11) is 0. The summed E-state index contributed by atoms with van der Waals surface area (Å²) >= 11 is 0. The number of amides is 2. The van der Waals surface area contributed by atoms with Crippen molar-refractivity contribution in [2.45, 2.75) is 84.3 Å². The van der Waals surface area contributed by atoms with Gasteiger partial charge in [0.1, 0.15) is 23.5 Å². The minimum atomic E-state index is -1.56. The summed E-state index contributed by atoms with van der Waals surface area (Å²) in [6.07, 6.45) is 0.765. The number of carbonyl (C=O) groups excluding carboxylic acids is 5. The first-order chi connectivity index (χ1) is 30.5. The molecule has 1 aromatic heterocycles. The van der Waals surface area contributed by atoms with Crippen LogP contribution in [0.15, 0.2) is 91.0 Å². The Bertz CT molecular complexity index is 2620. The van der Waals surface area contributed by atoms with Crippen molar-refractivity contribution in [2.75, 3.05) is 43.1 Å². The van der Waals surface area contributed by atoms with E-state index in [9.17, 15) is 24.0 Å². The van der Waals surface area contributed by atoms with Gasteiger partial charge >= 0.3 is 18.0 Å². The maximum absolute atomic E-state index is 14.6. The molecule has 4 aromatic carbocycles. The number of nitrogens with zero attached hydrogens (tertiary/aromatic N) is 3. The second-order valence-corrected chi connectivity index (χ2v) is 18.6. The molecule has 3 heterocycles. The molecule has 2 fully saturated rings. The van der Waals surface area contributed by atoms with Crippen molar-refractivity contribution in [2.24, 2.45) is 11.7 Å². The molecule has 0 saturated carbocycles. The second kappa shape index (κ2) is 17.7. The first kappa shape index (κ1) is 44.3. The van der Waals surface area contributed by atoms with Crippen LogP contribution in [0.3, 0.4) is 0 Å². The maximum Gasteiger partial charge on any atom is 0.419 e. The number of nitrogens with two attached hydrogens (primary N) is 1. The van der Waals surface area contributed by atoms with Crippen LogP contribution in [-0.2, 0) is 46.4 Å². The molecule has 0 spiro atoms. The van der Waals surface area contributed by atoms with Gasteiger partial charge in [0.2, 0.25) is 11.8 Å². The molecule has 5 aromatic rings. The molecule has 3 atom stereocenters. The number of nitrogens with one attached hydrogen (secondary N) is 1. The number of anilines is 2. The highest BCUT2D eigenvalue weighted by Crippen LogP contribution is 2.39. The molecule has 0 radical (unpaired) electrons. The van der Waals surface area contributed by atoms with Crippen molar-refractivity contribution in [1.82, 2.24) is 9.47 Å². The van der Waals surface area contributed by atoms with Crippen molar-refractivity contribution in [1.29, 1.82) is 0 Å². The number of hydrogen-bond donors (Lipinski definition) is 2. The standard InChI is InChI=1S/C50H55N5O9/c1-49(2,3)63-46(58)41-26-38-39(15-10-16-40(38)55(41)48(60)64-50(4,5)6)52-45(57)43(47(59)62-28-32-12-9-14-36-35-13-8-7-11-31(35)25-37(32)36)44(51)30-17-19-33(20-18-30)54-23-22-53(27-42(54)56)34-21-24-61-29-34/h7-20,26,34,43-44H,21-25,27-29,51H2,1-6H3,(H,52,57)/t34?,43-,44?/m0/s1. The Morgan fingerprint density at radius 2 is 1.58 bits per heavy atom. The average Bonchev–Trinajstić information content (AvgIpc) is 4.01. The Labute approximate surface area is 372 Å². The number of esters is 2. The highest BCUT2D eigenvalue weighted by Gasteiger charge is 2.38. The minimum Gasteiger partial charge on any atom is -0.460 e. The molecule has 8 rings (SSSR count). The van der Waals surface area contributed by atoms with Crippen molar-refractivity contribution in [3.8, 4) is 11.1 Å². The third-order valence-corrected chi connectivity index (χ3v) is 11.8. The van der Waals surface area contributed by atoms with Gasteiger partial charge in [0.15, 0.2) is 5.92 Å². The van der Waals surface area contributed by atoms with Crippen molar-refractivity contribution in [3.63, 3.8) is 0 Å². The Morgan fingerprint density at radius 1 is 0.859 bits per heavy atom. The molecule has 334 valence electrons. The van der Waals surface area contributed by atoms with Crippen molar-refractivity contribution >= 4 is 52.1 Å². The summed E-state index contributed by atoms with van der Waals surface area (Å²) in [6, 6.07) is 26.3. The van der Waals surface area contributed by atoms with Crippen LogP contribution in [0.5, 0.6) is 0 Å². The van der Waals surface area contributed by atoms with E-state index in [-0.39, 0.29) is 42.0 Å². The number of hydrogen-bond acceptors (Lipinski definition) is 11. The molecular formula is C50H55N5O9. The highest BCUT2D eigenvalue weighted by molar-refractivity contribution is 6.12. The van der Waals surface area contributed by atoms with Gasteiger partial charge in [0.25, 0.3) is 0 Å². The first-order valence-corrected chi connectivity index (χ1v) is 21.7. The van der Waals surface area contributed by atoms with Gasteiger partial charge in [-0.15, -0.1) is 0 Å². The smallest absolute Gasteiger partial charge is 0.419 e. The Hall–Kier alpha value is -6.35. The number of piperazine rings is 1. The van der Waals surface area contributed by atoms with Gasteiger partial charge in [-0.1, -0.05) is 60.7 Å². The van der Waals surface area contributed by atoms with Gasteiger partial charge in [-0.05, 0) is 118 Å². The lowest BCUT2D eigenvalue weighted by Gasteiger charge is -2.37. The number of rotatable bonds is 10. The van der Waals surface area contributed by atoms with Crippen LogP contribution in [0.2, 0.25) is 0 Å². The SMILES string of the molecule is CC(C)(C)OC(=O)c1cc2c(NC(=O)[C@@H](C(=O)OCc3cccc4c3Cc3ccccc3-4)C(N)c3ccc(N4CCN(C5CCOC5)CC4=O)cc3)cccc2n1C(=O)OC(C)(C)C. The Kier molecular flexibility index (Phi) is 12.2. The molecule has 3 aliphatic rings. The second-order valence-electron chi connectivity index (χ2n) is 18.6. The summed E-state index contributed by atoms with van der Waals surface area (Å²) in [4.78, 5) is 73.5. The zero-order chi connectivity index (χ0) is 45.5. The molecule has 2 saturated heterocycles. The van der Waals surface area contributed by atoms with E-state index < -0.39 is 47.1 Å². The van der Waals surface area contributed by atoms with Crippen LogP contribution in [0.1, 0.15) is 86.7 Å². The quantitative estimate of drug-likeness (QED) is 0.0800. The third-order valence-electron chi connectivity index (χ3n) is 11.8. The highest BCUT2D eigenvalue weighted by atomic mass is 16.6. The molecule has 2 amide bonds. The summed E-state index contributed by atoms with van der Waals surface area (Å²) in [5.41, 5.74) is 11.9. The fourth-order valence-corrected chi connectivity index (χ4v) is 8.70. The number of aromatic nitrogens is 1. The van der Waals surface area contributed by atoms with Gasteiger partial charge in [-0.3, -0.25) is 19.3 Å². The fourth-order valence-electron chi connectivity index (χ4n) is 8.70. The van der Waals surface area contributed by atoms with E-state index in [1.54, 1.807) is 88.9 Å². The normalized spacial score (nSPS) is 17.4. The van der Waals surface area contributed by atoms with E-state index in [2.05, 4.69) is 22.3 Å². The topological polar surface area (TPSA) is 172 Å². The maximum atomic E-state index is 14.6.